The lowest BCUT2D eigenvalue weighted by molar-refractivity contribution is -0.132. The summed E-state index contributed by atoms with van der Waals surface area (Å²) < 4.78 is 29.1. The number of hydrogen-bond donors (Lipinski definition) is 0. The van der Waals surface area contributed by atoms with Gasteiger partial charge in [-0.05, 0) is 44.9 Å². The van der Waals surface area contributed by atoms with Crippen LogP contribution in [0.5, 0.6) is 0 Å². The number of rotatable bonds is 9. The van der Waals surface area contributed by atoms with Gasteiger partial charge in [-0.25, -0.2) is 13.4 Å². The van der Waals surface area contributed by atoms with Crippen LogP contribution in [0.2, 0.25) is 0 Å². The SMILES string of the molecule is CCN(CC)S(=O)(=O)c1ccc2c(c1)nc(CCC(=O)N(C)C1CCN(C(C)C)CC1)n2C. The second-order valence-electron chi connectivity index (χ2n) is 9.19. The summed E-state index contributed by atoms with van der Waals surface area (Å²) in [6, 6.07) is 5.93. The van der Waals surface area contributed by atoms with Crippen LogP contribution in [0.25, 0.3) is 11.0 Å². The minimum atomic E-state index is -3.54. The fourth-order valence-electron chi connectivity index (χ4n) is 4.71. The molecule has 1 fully saturated rings. The molecule has 33 heavy (non-hydrogen) atoms. The lowest BCUT2D eigenvalue weighted by Gasteiger charge is -2.38. The van der Waals surface area contributed by atoms with E-state index in [2.05, 4.69) is 23.7 Å². The first-order valence-electron chi connectivity index (χ1n) is 12.0. The van der Waals surface area contributed by atoms with E-state index >= 15 is 0 Å². The van der Waals surface area contributed by atoms with E-state index < -0.39 is 10.0 Å². The van der Waals surface area contributed by atoms with Gasteiger partial charge in [-0.1, -0.05) is 13.8 Å². The van der Waals surface area contributed by atoms with Gasteiger partial charge in [-0.3, -0.25) is 4.79 Å². The molecule has 0 unspecified atom stereocenters. The van der Waals surface area contributed by atoms with E-state index in [0.717, 1.165) is 37.3 Å². The van der Waals surface area contributed by atoms with Crippen LogP contribution < -0.4 is 0 Å². The number of hydrogen-bond acceptors (Lipinski definition) is 5. The number of aryl methyl sites for hydroxylation is 2. The molecule has 8 nitrogen and oxygen atoms in total. The Morgan fingerprint density at radius 3 is 2.39 bits per heavy atom. The highest BCUT2D eigenvalue weighted by atomic mass is 32.2. The molecule has 1 saturated heterocycles. The molecule has 1 aromatic carbocycles. The molecule has 0 bridgehead atoms. The van der Waals surface area contributed by atoms with E-state index in [1.54, 1.807) is 18.2 Å². The molecule has 184 valence electrons. The number of carbonyl (C=O) groups excluding carboxylic acids is 1. The molecule has 0 saturated carbocycles. The lowest BCUT2D eigenvalue weighted by Crippen LogP contribution is -2.47. The number of likely N-dealkylation sites (tertiary alicyclic amines) is 1. The number of imidazole rings is 1. The normalized spacial score (nSPS) is 16.2. The van der Waals surface area contributed by atoms with Crippen LogP contribution in [0, 0.1) is 0 Å². The zero-order chi connectivity index (χ0) is 24.3. The van der Waals surface area contributed by atoms with E-state index in [-0.39, 0.29) is 10.8 Å². The van der Waals surface area contributed by atoms with Crippen LogP contribution in [0.4, 0.5) is 0 Å². The van der Waals surface area contributed by atoms with Gasteiger partial charge in [-0.15, -0.1) is 0 Å². The number of amides is 1. The van der Waals surface area contributed by atoms with Gasteiger partial charge in [0.1, 0.15) is 5.82 Å². The van der Waals surface area contributed by atoms with Gasteiger partial charge < -0.3 is 14.4 Å². The van der Waals surface area contributed by atoms with Crippen LogP contribution in [0.15, 0.2) is 23.1 Å². The van der Waals surface area contributed by atoms with Gasteiger partial charge in [0.25, 0.3) is 0 Å². The summed E-state index contributed by atoms with van der Waals surface area (Å²) in [6.45, 7) is 11.0. The van der Waals surface area contributed by atoms with Gasteiger partial charge in [0.15, 0.2) is 0 Å². The third kappa shape index (κ3) is 5.41. The number of sulfonamides is 1. The van der Waals surface area contributed by atoms with Crippen LogP contribution in [0.1, 0.15) is 52.8 Å². The predicted octanol–water partition coefficient (Wildman–Crippen LogP) is 2.87. The Labute approximate surface area is 198 Å². The van der Waals surface area contributed by atoms with Crippen LogP contribution in [-0.2, 0) is 28.3 Å². The van der Waals surface area contributed by atoms with Crippen molar-refractivity contribution in [2.24, 2.45) is 7.05 Å². The van der Waals surface area contributed by atoms with Crippen LogP contribution in [-0.4, -0.2) is 83.3 Å². The van der Waals surface area contributed by atoms with Gasteiger partial charge >= 0.3 is 0 Å². The monoisotopic (exact) mass is 477 g/mol. The number of carbonyl (C=O) groups is 1. The predicted molar refractivity (Wildman–Crippen MR) is 132 cm³/mol. The Kier molecular flexibility index (Phi) is 8.18. The molecule has 0 N–H and O–H groups in total. The highest BCUT2D eigenvalue weighted by Crippen LogP contribution is 2.23. The fraction of sp³-hybridized carbons (Fsp3) is 0.667. The quantitative estimate of drug-likeness (QED) is 0.555. The first-order valence-corrected chi connectivity index (χ1v) is 13.5. The van der Waals surface area contributed by atoms with Crippen LogP contribution in [0.3, 0.4) is 0 Å². The molecule has 0 aliphatic carbocycles. The summed E-state index contributed by atoms with van der Waals surface area (Å²) in [4.78, 5) is 22.2. The van der Waals surface area contributed by atoms with E-state index in [1.165, 1.54) is 4.31 Å². The Bertz CT molecular complexity index is 1070. The van der Waals surface area contributed by atoms with Gasteiger partial charge in [0.05, 0.1) is 15.9 Å². The fourth-order valence-corrected chi connectivity index (χ4v) is 6.19. The first kappa shape index (κ1) is 25.6. The molecule has 0 atom stereocenters. The van der Waals surface area contributed by atoms with Crippen molar-refractivity contribution in [3.05, 3.63) is 24.0 Å². The third-order valence-electron chi connectivity index (χ3n) is 7.02. The Balaban J connectivity index is 1.68. The van der Waals surface area contributed by atoms with E-state index in [1.807, 2.05) is 37.4 Å². The molecule has 0 radical (unpaired) electrons. The van der Waals surface area contributed by atoms with Crippen molar-refractivity contribution in [1.29, 1.82) is 0 Å². The van der Waals surface area contributed by atoms with Crippen molar-refractivity contribution in [3.63, 3.8) is 0 Å². The summed E-state index contributed by atoms with van der Waals surface area (Å²) >= 11 is 0. The Morgan fingerprint density at radius 1 is 1.18 bits per heavy atom. The molecule has 3 rings (SSSR count). The van der Waals surface area contributed by atoms with Gasteiger partial charge in [0, 0.05) is 65.2 Å². The highest BCUT2D eigenvalue weighted by Gasteiger charge is 2.27. The van der Waals surface area contributed by atoms with Crippen molar-refractivity contribution < 1.29 is 13.2 Å². The van der Waals surface area contributed by atoms with Crippen molar-refractivity contribution in [2.75, 3.05) is 33.2 Å². The van der Waals surface area contributed by atoms with E-state index in [9.17, 15) is 13.2 Å². The molecule has 1 aliphatic heterocycles. The Morgan fingerprint density at radius 2 is 1.82 bits per heavy atom. The van der Waals surface area contributed by atoms with Crippen molar-refractivity contribution in [1.82, 2.24) is 23.7 Å². The largest absolute Gasteiger partial charge is 0.343 e. The summed E-state index contributed by atoms with van der Waals surface area (Å²) in [6.07, 6.45) is 2.94. The second-order valence-corrected chi connectivity index (χ2v) is 11.1. The summed E-state index contributed by atoms with van der Waals surface area (Å²) in [5, 5.41) is 0. The minimum absolute atomic E-state index is 0.134. The molecule has 1 aromatic heterocycles. The van der Waals surface area contributed by atoms with Gasteiger partial charge in [-0.2, -0.15) is 4.31 Å². The van der Waals surface area contributed by atoms with Crippen molar-refractivity contribution in [2.45, 2.75) is 70.4 Å². The molecule has 2 aromatic rings. The molecular formula is C24H39N5O3S. The van der Waals surface area contributed by atoms with Crippen molar-refractivity contribution >= 4 is 27.0 Å². The number of nitrogens with zero attached hydrogens (tertiary/aromatic N) is 5. The lowest BCUT2D eigenvalue weighted by atomic mass is 10.0. The standard InChI is InChI=1S/C24H39N5O3S/c1-7-29(8-2)33(31,32)20-9-10-22-21(17-20)25-23(27(22)6)11-12-24(30)26(5)19-13-15-28(16-14-19)18(3)4/h9-10,17-19H,7-8,11-16H2,1-6H3. The van der Waals surface area contributed by atoms with E-state index in [4.69, 9.17) is 0 Å². The summed E-state index contributed by atoms with van der Waals surface area (Å²) in [7, 11) is 0.294. The maximum atomic E-state index is 12.9. The number of fused-ring (bicyclic) bond motifs is 1. The highest BCUT2D eigenvalue weighted by molar-refractivity contribution is 7.89. The zero-order valence-corrected chi connectivity index (χ0v) is 21.7. The molecule has 1 aliphatic rings. The smallest absolute Gasteiger partial charge is 0.243 e. The Hall–Kier alpha value is -1.97. The molecule has 0 spiro atoms. The first-order chi connectivity index (χ1) is 15.6. The zero-order valence-electron chi connectivity index (χ0n) is 20.9. The number of benzene rings is 1. The molecule has 9 heteroatoms. The number of piperidine rings is 1. The topological polar surface area (TPSA) is 78.8 Å². The summed E-state index contributed by atoms with van der Waals surface area (Å²) in [5.74, 6) is 0.925. The number of aromatic nitrogens is 2. The second kappa shape index (κ2) is 10.5. The van der Waals surface area contributed by atoms with Gasteiger partial charge in [0.2, 0.25) is 15.9 Å². The summed E-state index contributed by atoms with van der Waals surface area (Å²) in [5.41, 5.74) is 1.51. The average molecular weight is 478 g/mol. The molecule has 1 amide bonds. The maximum absolute atomic E-state index is 12.9. The van der Waals surface area contributed by atoms with E-state index in [0.29, 0.717) is 43.5 Å². The maximum Gasteiger partial charge on any atom is 0.243 e. The van der Waals surface area contributed by atoms with Crippen molar-refractivity contribution in [3.8, 4) is 0 Å². The average Bonchev–Trinajstić information content (AvgIpc) is 3.12. The molecule has 2 heterocycles. The molecular weight excluding hydrogens is 438 g/mol. The van der Waals surface area contributed by atoms with Crippen LogP contribution >= 0.6 is 0 Å². The third-order valence-corrected chi connectivity index (χ3v) is 9.07. The minimum Gasteiger partial charge on any atom is -0.343 e.